The first-order chi connectivity index (χ1) is 11.0. The number of thiazole rings is 1. The summed E-state index contributed by atoms with van der Waals surface area (Å²) in [6.07, 6.45) is 3.80. The van der Waals surface area contributed by atoms with Crippen LogP contribution in [0, 0.1) is 0 Å². The standard InChI is InChI=1S/C16H20ClN5S/c1-20(2)8-9-22(11-15-18-6-7-21(15)3)16-19-13-10-12(17)4-5-14(13)23-16/h4-7,10H,8-9,11H2,1-3H3. The zero-order chi connectivity index (χ0) is 16.4. The summed E-state index contributed by atoms with van der Waals surface area (Å²) >= 11 is 7.77. The Labute approximate surface area is 145 Å². The second-order valence-electron chi connectivity index (χ2n) is 5.79. The highest BCUT2D eigenvalue weighted by Crippen LogP contribution is 2.31. The molecule has 0 unspecified atom stereocenters. The fourth-order valence-corrected chi connectivity index (χ4v) is 3.44. The summed E-state index contributed by atoms with van der Waals surface area (Å²) < 4.78 is 3.20. The molecule has 3 aromatic rings. The molecule has 0 saturated heterocycles. The lowest BCUT2D eigenvalue weighted by Crippen LogP contribution is -2.32. The van der Waals surface area contributed by atoms with Crippen molar-refractivity contribution in [2.24, 2.45) is 7.05 Å². The Hall–Kier alpha value is -1.63. The van der Waals surface area contributed by atoms with E-state index in [1.54, 1.807) is 11.3 Å². The molecule has 0 aliphatic heterocycles. The van der Waals surface area contributed by atoms with Gasteiger partial charge in [0.05, 0.1) is 16.8 Å². The highest BCUT2D eigenvalue weighted by molar-refractivity contribution is 7.22. The molecule has 0 spiro atoms. The Morgan fingerprint density at radius 1 is 1.26 bits per heavy atom. The zero-order valence-corrected chi connectivity index (χ0v) is 15.1. The van der Waals surface area contributed by atoms with Gasteiger partial charge in [0.15, 0.2) is 5.13 Å². The van der Waals surface area contributed by atoms with E-state index in [2.05, 4.69) is 28.9 Å². The third kappa shape index (κ3) is 3.83. The van der Waals surface area contributed by atoms with Gasteiger partial charge in [-0.15, -0.1) is 0 Å². The number of benzene rings is 1. The molecule has 0 amide bonds. The van der Waals surface area contributed by atoms with Gasteiger partial charge >= 0.3 is 0 Å². The van der Waals surface area contributed by atoms with Gasteiger partial charge in [0.25, 0.3) is 0 Å². The number of hydrogen-bond acceptors (Lipinski definition) is 5. The number of halogens is 1. The van der Waals surface area contributed by atoms with Gasteiger partial charge in [0.1, 0.15) is 5.82 Å². The summed E-state index contributed by atoms with van der Waals surface area (Å²) in [5, 5.41) is 1.73. The smallest absolute Gasteiger partial charge is 0.186 e. The molecule has 7 heteroatoms. The number of fused-ring (bicyclic) bond motifs is 1. The van der Waals surface area contributed by atoms with E-state index in [0.717, 1.165) is 45.8 Å². The van der Waals surface area contributed by atoms with Crippen LogP contribution in [0.3, 0.4) is 0 Å². The monoisotopic (exact) mass is 349 g/mol. The second kappa shape index (κ2) is 6.86. The molecule has 23 heavy (non-hydrogen) atoms. The number of hydrogen-bond donors (Lipinski definition) is 0. The molecule has 2 aromatic heterocycles. The van der Waals surface area contributed by atoms with Gasteiger partial charge in [-0.1, -0.05) is 22.9 Å². The Morgan fingerprint density at radius 2 is 2.09 bits per heavy atom. The normalized spacial score (nSPS) is 11.5. The highest BCUT2D eigenvalue weighted by Gasteiger charge is 2.15. The molecule has 0 aliphatic rings. The minimum atomic E-state index is 0.721. The van der Waals surface area contributed by atoms with Crippen molar-refractivity contribution < 1.29 is 0 Å². The average molecular weight is 350 g/mol. The van der Waals surface area contributed by atoms with Crippen LogP contribution >= 0.6 is 22.9 Å². The summed E-state index contributed by atoms with van der Waals surface area (Å²) in [5.74, 6) is 1.03. The molecule has 3 rings (SSSR count). The highest BCUT2D eigenvalue weighted by atomic mass is 35.5. The van der Waals surface area contributed by atoms with Crippen LogP contribution in [0.1, 0.15) is 5.82 Å². The van der Waals surface area contributed by atoms with Crippen molar-refractivity contribution in [2.45, 2.75) is 6.54 Å². The zero-order valence-electron chi connectivity index (χ0n) is 13.5. The van der Waals surface area contributed by atoms with Crippen LogP contribution in [0.4, 0.5) is 5.13 Å². The Kier molecular flexibility index (Phi) is 4.84. The van der Waals surface area contributed by atoms with Gasteiger partial charge in [-0.2, -0.15) is 0 Å². The molecule has 0 N–H and O–H groups in total. The second-order valence-corrected chi connectivity index (χ2v) is 7.23. The topological polar surface area (TPSA) is 37.2 Å². The summed E-state index contributed by atoms with van der Waals surface area (Å²) in [6, 6.07) is 5.86. The van der Waals surface area contributed by atoms with Crippen molar-refractivity contribution in [3.05, 3.63) is 41.4 Å². The molecular formula is C16H20ClN5S. The van der Waals surface area contributed by atoms with Crippen LogP contribution in [-0.4, -0.2) is 46.6 Å². The molecule has 0 bridgehead atoms. The van der Waals surface area contributed by atoms with Crippen molar-refractivity contribution in [2.75, 3.05) is 32.1 Å². The van der Waals surface area contributed by atoms with E-state index < -0.39 is 0 Å². The van der Waals surface area contributed by atoms with Crippen LogP contribution in [0.25, 0.3) is 10.2 Å². The van der Waals surface area contributed by atoms with Crippen molar-refractivity contribution in [3.8, 4) is 0 Å². The van der Waals surface area contributed by atoms with E-state index in [4.69, 9.17) is 16.6 Å². The lowest BCUT2D eigenvalue weighted by molar-refractivity contribution is 0.411. The first-order valence-corrected chi connectivity index (χ1v) is 8.64. The molecule has 0 radical (unpaired) electrons. The third-order valence-corrected chi connectivity index (χ3v) is 5.01. The minimum Gasteiger partial charge on any atom is -0.339 e. The minimum absolute atomic E-state index is 0.721. The fourth-order valence-electron chi connectivity index (χ4n) is 2.31. The SMILES string of the molecule is CN(C)CCN(Cc1nccn1C)c1nc2cc(Cl)ccc2s1. The van der Waals surface area contributed by atoms with Gasteiger partial charge in [-0.3, -0.25) is 0 Å². The number of likely N-dealkylation sites (N-methyl/N-ethyl adjacent to an activating group) is 1. The van der Waals surface area contributed by atoms with E-state index in [0.29, 0.717) is 0 Å². The summed E-state index contributed by atoms with van der Waals surface area (Å²) in [5.41, 5.74) is 0.951. The maximum Gasteiger partial charge on any atom is 0.186 e. The predicted molar refractivity (Wildman–Crippen MR) is 97.4 cm³/mol. The van der Waals surface area contributed by atoms with Crippen molar-refractivity contribution >= 4 is 38.3 Å². The summed E-state index contributed by atoms with van der Waals surface area (Å²) in [7, 11) is 6.18. The molecule has 5 nitrogen and oxygen atoms in total. The van der Waals surface area contributed by atoms with Gasteiger partial charge in [0, 0.05) is 37.6 Å². The van der Waals surface area contributed by atoms with Crippen LogP contribution in [-0.2, 0) is 13.6 Å². The van der Waals surface area contributed by atoms with Gasteiger partial charge < -0.3 is 14.4 Å². The van der Waals surface area contributed by atoms with E-state index in [-0.39, 0.29) is 0 Å². The number of anilines is 1. The average Bonchev–Trinajstić information content (AvgIpc) is 3.09. The lowest BCUT2D eigenvalue weighted by Gasteiger charge is -2.23. The van der Waals surface area contributed by atoms with E-state index in [1.807, 2.05) is 42.2 Å². The van der Waals surface area contributed by atoms with E-state index >= 15 is 0 Å². The van der Waals surface area contributed by atoms with Crippen LogP contribution in [0.2, 0.25) is 5.02 Å². The predicted octanol–water partition coefficient (Wildman–Crippen LogP) is 3.25. The molecule has 2 heterocycles. The van der Waals surface area contributed by atoms with Crippen molar-refractivity contribution in [1.29, 1.82) is 0 Å². The Balaban J connectivity index is 1.90. The molecule has 0 fully saturated rings. The van der Waals surface area contributed by atoms with Crippen molar-refractivity contribution in [3.63, 3.8) is 0 Å². The number of aryl methyl sites for hydroxylation is 1. The number of nitrogens with zero attached hydrogens (tertiary/aromatic N) is 5. The maximum atomic E-state index is 6.08. The van der Waals surface area contributed by atoms with Gasteiger partial charge in [0.2, 0.25) is 0 Å². The Bertz CT molecular complexity index is 795. The molecule has 0 aliphatic carbocycles. The van der Waals surface area contributed by atoms with Gasteiger partial charge in [-0.05, 0) is 32.3 Å². The van der Waals surface area contributed by atoms with Crippen LogP contribution in [0.15, 0.2) is 30.6 Å². The number of aromatic nitrogens is 3. The first kappa shape index (κ1) is 16.2. The van der Waals surface area contributed by atoms with E-state index in [1.165, 1.54) is 0 Å². The quantitative estimate of drug-likeness (QED) is 0.684. The first-order valence-electron chi connectivity index (χ1n) is 7.45. The third-order valence-electron chi connectivity index (χ3n) is 3.68. The number of rotatable bonds is 6. The van der Waals surface area contributed by atoms with Crippen LogP contribution in [0.5, 0.6) is 0 Å². The molecule has 1 aromatic carbocycles. The molecule has 122 valence electrons. The van der Waals surface area contributed by atoms with E-state index in [9.17, 15) is 0 Å². The largest absolute Gasteiger partial charge is 0.339 e. The maximum absolute atomic E-state index is 6.08. The Morgan fingerprint density at radius 3 is 2.78 bits per heavy atom. The molecule has 0 atom stereocenters. The molecule has 0 saturated carbocycles. The van der Waals surface area contributed by atoms with Crippen LogP contribution < -0.4 is 4.90 Å². The molecular weight excluding hydrogens is 330 g/mol. The number of imidazole rings is 1. The fraction of sp³-hybridized carbons (Fsp3) is 0.375. The summed E-state index contributed by atoms with van der Waals surface area (Å²) in [4.78, 5) is 13.7. The summed E-state index contributed by atoms with van der Waals surface area (Å²) in [6.45, 7) is 2.60. The lowest BCUT2D eigenvalue weighted by atomic mass is 10.3. The van der Waals surface area contributed by atoms with Gasteiger partial charge in [-0.25, -0.2) is 9.97 Å². The van der Waals surface area contributed by atoms with Crippen molar-refractivity contribution in [1.82, 2.24) is 19.4 Å².